The minimum absolute atomic E-state index is 0.000595. The van der Waals surface area contributed by atoms with Gasteiger partial charge in [0.15, 0.2) is 0 Å². The molecule has 1 aliphatic rings. The Morgan fingerprint density at radius 2 is 0.830 bits per heavy atom. The van der Waals surface area contributed by atoms with E-state index in [-0.39, 0.29) is 5.41 Å². The number of benzene rings is 8. The van der Waals surface area contributed by atoms with Crippen LogP contribution in [0.5, 0.6) is 0 Å². The van der Waals surface area contributed by atoms with Crippen molar-refractivity contribution < 1.29 is 4.42 Å². The van der Waals surface area contributed by atoms with Gasteiger partial charge in [-0.05, 0) is 116 Å². The van der Waals surface area contributed by atoms with Crippen LogP contribution in [0.2, 0.25) is 0 Å². The minimum Gasteiger partial charge on any atom is -0.456 e. The Morgan fingerprint density at radius 1 is 0.358 bits per heavy atom. The molecule has 10 rings (SSSR count). The largest absolute Gasteiger partial charge is 0.456 e. The number of para-hydroxylation sites is 1. The van der Waals surface area contributed by atoms with Gasteiger partial charge in [0.1, 0.15) is 11.2 Å². The summed E-state index contributed by atoms with van der Waals surface area (Å²) >= 11 is 0. The highest BCUT2D eigenvalue weighted by molar-refractivity contribution is 6.06. The van der Waals surface area contributed by atoms with Gasteiger partial charge >= 0.3 is 0 Å². The number of anilines is 3. The van der Waals surface area contributed by atoms with Crippen molar-refractivity contribution in [1.29, 1.82) is 0 Å². The van der Waals surface area contributed by atoms with E-state index in [2.05, 4.69) is 195 Å². The Bertz CT molecular complexity index is 2770. The van der Waals surface area contributed by atoms with Crippen LogP contribution in [0.15, 0.2) is 192 Å². The molecule has 1 aliphatic carbocycles. The highest BCUT2D eigenvalue weighted by atomic mass is 16.3. The summed E-state index contributed by atoms with van der Waals surface area (Å²) in [6, 6.07) is 67.9. The van der Waals surface area contributed by atoms with Crippen molar-refractivity contribution in [2.75, 3.05) is 4.90 Å². The molecule has 0 aliphatic heterocycles. The van der Waals surface area contributed by atoms with Crippen LogP contribution >= 0.6 is 0 Å². The van der Waals surface area contributed by atoms with Crippen molar-refractivity contribution in [1.82, 2.24) is 0 Å². The van der Waals surface area contributed by atoms with E-state index in [0.29, 0.717) is 0 Å². The number of hydrogen-bond acceptors (Lipinski definition) is 2. The topological polar surface area (TPSA) is 16.4 Å². The molecule has 9 aromatic rings. The minimum atomic E-state index is 0.000595. The fourth-order valence-corrected chi connectivity index (χ4v) is 8.29. The van der Waals surface area contributed by atoms with Crippen molar-refractivity contribution in [3.8, 4) is 44.5 Å². The van der Waals surface area contributed by atoms with Gasteiger partial charge in [-0.25, -0.2) is 0 Å². The summed E-state index contributed by atoms with van der Waals surface area (Å²) in [6.07, 6.45) is 0. The van der Waals surface area contributed by atoms with Crippen LogP contribution < -0.4 is 4.90 Å². The van der Waals surface area contributed by atoms with Crippen molar-refractivity contribution in [2.24, 2.45) is 0 Å². The van der Waals surface area contributed by atoms with Crippen LogP contribution in [-0.2, 0) is 5.41 Å². The molecule has 2 nitrogen and oxygen atoms in total. The molecular formula is C51H37NO. The number of furan rings is 1. The van der Waals surface area contributed by atoms with Gasteiger partial charge in [-0.1, -0.05) is 141 Å². The highest BCUT2D eigenvalue weighted by Gasteiger charge is 2.35. The summed E-state index contributed by atoms with van der Waals surface area (Å²) in [6.45, 7) is 4.66. The molecule has 1 aromatic heterocycles. The first kappa shape index (κ1) is 31.1. The number of hydrogen-bond donors (Lipinski definition) is 0. The summed E-state index contributed by atoms with van der Waals surface area (Å²) in [5.74, 6) is 0. The zero-order valence-electron chi connectivity index (χ0n) is 29.8. The number of fused-ring (bicyclic) bond motifs is 6. The predicted molar refractivity (Wildman–Crippen MR) is 222 cm³/mol. The molecule has 0 bridgehead atoms. The van der Waals surface area contributed by atoms with E-state index in [1.807, 2.05) is 12.1 Å². The molecule has 0 N–H and O–H groups in total. The summed E-state index contributed by atoms with van der Waals surface area (Å²) in [7, 11) is 0. The monoisotopic (exact) mass is 679 g/mol. The van der Waals surface area contributed by atoms with Gasteiger partial charge < -0.3 is 9.32 Å². The van der Waals surface area contributed by atoms with E-state index in [0.717, 1.165) is 50.1 Å². The lowest BCUT2D eigenvalue weighted by molar-refractivity contribution is 0.660. The smallest absolute Gasteiger partial charge is 0.136 e. The van der Waals surface area contributed by atoms with Gasteiger partial charge in [0.2, 0.25) is 0 Å². The molecule has 0 fully saturated rings. The lowest BCUT2D eigenvalue weighted by Gasteiger charge is -2.26. The standard InChI is InChI=1S/C51H37NO/c1-51(2)47-14-8-6-12-43(47)46-32-38(23-31-48(46)51)36-18-26-41(27-19-36)52(40-24-16-35(17-25-40)34-10-4-3-5-11-34)42-28-20-37(21-29-42)39-22-30-45-44-13-7-9-15-49(44)53-50(45)33-39/h3-33H,1-2H3. The Kier molecular flexibility index (Phi) is 7.19. The third-order valence-electron chi connectivity index (χ3n) is 11.1. The Balaban J connectivity index is 1.01. The van der Waals surface area contributed by atoms with Crippen LogP contribution in [0.4, 0.5) is 17.1 Å². The van der Waals surface area contributed by atoms with Gasteiger partial charge in [0, 0.05) is 33.2 Å². The maximum absolute atomic E-state index is 6.21. The predicted octanol–water partition coefficient (Wildman–Crippen LogP) is 14.4. The first-order valence-corrected chi connectivity index (χ1v) is 18.3. The maximum Gasteiger partial charge on any atom is 0.136 e. The second-order valence-electron chi connectivity index (χ2n) is 14.6. The molecule has 53 heavy (non-hydrogen) atoms. The van der Waals surface area contributed by atoms with E-state index < -0.39 is 0 Å². The Morgan fingerprint density at radius 3 is 1.51 bits per heavy atom. The summed E-state index contributed by atoms with van der Waals surface area (Å²) < 4.78 is 6.21. The fraction of sp³-hybridized carbons (Fsp3) is 0.0588. The van der Waals surface area contributed by atoms with E-state index in [9.17, 15) is 0 Å². The van der Waals surface area contributed by atoms with E-state index in [1.54, 1.807) is 0 Å². The number of nitrogens with zero attached hydrogens (tertiary/aromatic N) is 1. The normalized spacial score (nSPS) is 12.9. The van der Waals surface area contributed by atoms with Gasteiger partial charge in [-0.3, -0.25) is 0 Å². The Labute approximate surface area is 310 Å². The molecule has 0 spiro atoms. The molecule has 0 unspecified atom stereocenters. The van der Waals surface area contributed by atoms with Crippen molar-refractivity contribution in [3.05, 3.63) is 199 Å². The van der Waals surface area contributed by atoms with Gasteiger partial charge in [-0.15, -0.1) is 0 Å². The first-order chi connectivity index (χ1) is 26.0. The van der Waals surface area contributed by atoms with E-state index in [1.165, 1.54) is 44.5 Å². The lowest BCUT2D eigenvalue weighted by atomic mass is 9.82. The molecule has 0 atom stereocenters. The summed E-state index contributed by atoms with van der Waals surface area (Å²) in [4.78, 5) is 2.34. The maximum atomic E-state index is 6.21. The van der Waals surface area contributed by atoms with E-state index >= 15 is 0 Å². The molecule has 2 heteroatoms. The van der Waals surface area contributed by atoms with Crippen LogP contribution in [0.3, 0.4) is 0 Å². The zero-order valence-corrected chi connectivity index (χ0v) is 29.8. The molecule has 8 aromatic carbocycles. The van der Waals surface area contributed by atoms with Crippen molar-refractivity contribution in [2.45, 2.75) is 19.3 Å². The van der Waals surface area contributed by atoms with Crippen molar-refractivity contribution in [3.63, 3.8) is 0 Å². The fourth-order valence-electron chi connectivity index (χ4n) is 8.29. The molecule has 0 radical (unpaired) electrons. The molecule has 0 saturated carbocycles. The molecule has 1 heterocycles. The quantitative estimate of drug-likeness (QED) is 0.174. The second-order valence-corrected chi connectivity index (χ2v) is 14.6. The van der Waals surface area contributed by atoms with Gasteiger partial charge in [0.05, 0.1) is 0 Å². The number of rotatable bonds is 6. The average Bonchev–Trinajstić information content (AvgIpc) is 3.70. The molecule has 252 valence electrons. The third-order valence-corrected chi connectivity index (χ3v) is 11.1. The van der Waals surface area contributed by atoms with E-state index in [4.69, 9.17) is 4.42 Å². The highest BCUT2D eigenvalue weighted by Crippen LogP contribution is 2.49. The van der Waals surface area contributed by atoms with Gasteiger partial charge in [-0.2, -0.15) is 0 Å². The second kappa shape index (κ2) is 12.3. The SMILES string of the molecule is CC1(C)c2ccccc2-c2cc(-c3ccc(N(c4ccc(-c5ccccc5)cc4)c4ccc(-c5ccc6c(c5)oc5ccccc56)cc4)cc3)ccc21. The van der Waals surface area contributed by atoms with Crippen LogP contribution in [0, 0.1) is 0 Å². The van der Waals surface area contributed by atoms with Gasteiger partial charge in [0.25, 0.3) is 0 Å². The van der Waals surface area contributed by atoms with Crippen LogP contribution in [0.25, 0.3) is 66.4 Å². The molecule has 0 saturated heterocycles. The average molecular weight is 680 g/mol. The summed E-state index contributed by atoms with van der Waals surface area (Å²) in [5.41, 5.74) is 17.7. The van der Waals surface area contributed by atoms with Crippen LogP contribution in [-0.4, -0.2) is 0 Å². The molecule has 0 amide bonds. The van der Waals surface area contributed by atoms with Crippen LogP contribution in [0.1, 0.15) is 25.0 Å². The summed E-state index contributed by atoms with van der Waals surface area (Å²) in [5, 5.41) is 2.29. The zero-order chi connectivity index (χ0) is 35.5. The lowest BCUT2D eigenvalue weighted by Crippen LogP contribution is -2.14. The molecular weight excluding hydrogens is 643 g/mol. The Hall–Kier alpha value is -6.64. The van der Waals surface area contributed by atoms with Crippen molar-refractivity contribution >= 4 is 39.0 Å². The third kappa shape index (κ3) is 5.26. The first-order valence-electron chi connectivity index (χ1n) is 18.3.